The van der Waals surface area contributed by atoms with Gasteiger partial charge in [0.05, 0.1) is 17.6 Å². The van der Waals surface area contributed by atoms with Crippen molar-refractivity contribution in [3.8, 4) is 0 Å². The Hall–Kier alpha value is -1.07. The van der Waals surface area contributed by atoms with Crippen LogP contribution in [0, 0.1) is 0 Å². The standard InChI is InChI=1S/C12H17NO3S/c1-9(14)11-4-2-3-5-12(11)13-10-6-7-17(15,16)8-10/h2-5,9-10,13-14H,6-8H2,1H3. The Kier molecular flexibility index (Phi) is 3.40. The number of nitrogens with one attached hydrogen (secondary N) is 1. The minimum atomic E-state index is -2.87. The molecule has 0 saturated carbocycles. The monoisotopic (exact) mass is 255 g/mol. The molecule has 5 heteroatoms. The third-order valence-electron chi connectivity index (χ3n) is 3.00. The molecule has 0 aliphatic carbocycles. The average molecular weight is 255 g/mol. The Morgan fingerprint density at radius 3 is 2.71 bits per heavy atom. The van der Waals surface area contributed by atoms with Crippen molar-refractivity contribution < 1.29 is 13.5 Å². The Labute approximate surface area is 102 Å². The zero-order valence-electron chi connectivity index (χ0n) is 9.76. The molecule has 94 valence electrons. The lowest BCUT2D eigenvalue weighted by atomic mass is 10.1. The summed E-state index contributed by atoms with van der Waals surface area (Å²) in [7, 11) is -2.87. The minimum absolute atomic E-state index is 0.0418. The van der Waals surface area contributed by atoms with E-state index < -0.39 is 15.9 Å². The van der Waals surface area contributed by atoms with Crippen molar-refractivity contribution in [3.63, 3.8) is 0 Å². The number of para-hydroxylation sites is 1. The van der Waals surface area contributed by atoms with Crippen LogP contribution in [-0.4, -0.2) is 31.1 Å². The van der Waals surface area contributed by atoms with Gasteiger partial charge in [-0.3, -0.25) is 0 Å². The Morgan fingerprint density at radius 2 is 2.12 bits per heavy atom. The lowest BCUT2D eigenvalue weighted by Crippen LogP contribution is -2.21. The van der Waals surface area contributed by atoms with Crippen molar-refractivity contribution in [2.24, 2.45) is 0 Å². The molecule has 0 spiro atoms. The molecule has 0 radical (unpaired) electrons. The van der Waals surface area contributed by atoms with Gasteiger partial charge in [0.1, 0.15) is 0 Å². The van der Waals surface area contributed by atoms with Crippen LogP contribution in [0.1, 0.15) is 25.0 Å². The minimum Gasteiger partial charge on any atom is -0.389 e. The van der Waals surface area contributed by atoms with Gasteiger partial charge in [-0.15, -0.1) is 0 Å². The van der Waals surface area contributed by atoms with Crippen LogP contribution < -0.4 is 5.32 Å². The Morgan fingerprint density at radius 1 is 1.41 bits per heavy atom. The molecule has 4 nitrogen and oxygen atoms in total. The van der Waals surface area contributed by atoms with Crippen LogP contribution in [-0.2, 0) is 9.84 Å². The summed E-state index contributed by atoms with van der Waals surface area (Å²) in [5, 5.41) is 12.8. The van der Waals surface area contributed by atoms with Crippen molar-refractivity contribution >= 4 is 15.5 Å². The first kappa shape index (κ1) is 12.4. The maximum atomic E-state index is 11.4. The maximum absolute atomic E-state index is 11.4. The van der Waals surface area contributed by atoms with Crippen LogP contribution in [0.4, 0.5) is 5.69 Å². The van der Waals surface area contributed by atoms with Crippen molar-refractivity contribution in [3.05, 3.63) is 29.8 Å². The van der Waals surface area contributed by atoms with Gasteiger partial charge in [0.25, 0.3) is 0 Å². The molecule has 1 aliphatic rings. The highest BCUT2D eigenvalue weighted by atomic mass is 32.2. The second kappa shape index (κ2) is 4.66. The summed E-state index contributed by atoms with van der Waals surface area (Å²) in [6, 6.07) is 7.40. The predicted octanol–water partition coefficient (Wildman–Crippen LogP) is 1.34. The van der Waals surface area contributed by atoms with Gasteiger partial charge in [-0.25, -0.2) is 8.42 Å². The number of anilines is 1. The van der Waals surface area contributed by atoms with Gasteiger partial charge in [-0.1, -0.05) is 18.2 Å². The molecule has 0 amide bonds. The number of hydrogen-bond donors (Lipinski definition) is 2. The van der Waals surface area contributed by atoms with Crippen molar-refractivity contribution in [2.75, 3.05) is 16.8 Å². The lowest BCUT2D eigenvalue weighted by molar-refractivity contribution is 0.200. The van der Waals surface area contributed by atoms with E-state index in [1.165, 1.54) is 0 Å². The first-order valence-corrected chi connectivity index (χ1v) is 7.54. The second-order valence-electron chi connectivity index (χ2n) is 4.51. The summed E-state index contributed by atoms with van der Waals surface area (Å²) in [4.78, 5) is 0. The van der Waals surface area contributed by atoms with Crippen LogP contribution >= 0.6 is 0 Å². The summed E-state index contributed by atoms with van der Waals surface area (Å²) in [5.41, 5.74) is 1.63. The fraction of sp³-hybridized carbons (Fsp3) is 0.500. The van der Waals surface area contributed by atoms with E-state index in [2.05, 4.69) is 5.32 Å². The van der Waals surface area contributed by atoms with Gasteiger partial charge in [0, 0.05) is 17.3 Å². The Bertz CT molecular complexity index is 496. The van der Waals surface area contributed by atoms with E-state index in [0.717, 1.165) is 11.3 Å². The van der Waals surface area contributed by atoms with E-state index in [-0.39, 0.29) is 17.5 Å². The molecule has 2 unspecified atom stereocenters. The van der Waals surface area contributed by atoms with Gasteiger partial charge in [0.15, 0.2) is 9.84 Å². The predicted molar refractivity (Wildman–Crippen MR) is 67.8 cm³/mol. The van der Waals surface area contributed by atoms with E-state index in [1.807, 2.05) is 24.3 Å². The van der Waals surface area contributed by atoms with Gasteiger partial charge in [-0.2, -0.15) is 0 Å². The highest BCUT2D eigenvalue weighted by Gasteiger charge is 2.28. The number of aliphatic hydroxyl groups excluding tert-OH is 1. The zero-order chi connectivity index (χ0) is 12.5. The number of benzene rings is 1. The smallest absolute Gasteiger partial charge is 0.152 e. The molecule has 1 fully saturated rings. The van der Waals surface area contributed by atoms with Crippen molar-refractivity contribution in [1.82, 2.24) is 0 Å². The van der Waals surface area contributed by atoms with E-state index in [1.54, 1.807) is 6.92 Å². The average Bonchev–Trinajstić information content (AvgIpc) is 2.58. The van der Waals surface area contributed by atoms with Gasteiger partial charge < -0.3 is 10.4 Å². The SMILES string of the molecule is CC(O)c1ccccc1NC1CCS(=O)(=O)C1. The molecule has 0 aromatic heterocycles. The second-order valence-corrected chi connectivity index (χ2v) is 6.74. The molecule has 17 heavy (non-hydrogen) atoms. The third kappa shape index (κ3) is 2.98. The number of rotatable bonds is 3. The first-order valence-electron chi connectivity index (χ1n) is 5.72. The molecule has 1 saturated heterocycles. The summed E-state index contributed by atoms with van der Waals surface area (Å²) in [6.07, 6.45) is 0.0768. The molecule has 1 aliphatic heterocycles. The molecule has 1 heterocycles. The van der Waals surface area contributed by atoms with Crippen LogP contribution in [0.5, 0.6) is 0 Å². The molecule has 2 N–H and O–H groups in total. The third-order valence-corrected chi connectivity index (χ3v) is 4.77. The van der Waals surface area contributed by atoms with Crippen molar-refractivity contribution in [1.29, 1.82) is 0 Å². The molecular formula is C12H17NO3S. The first-order chi connectivity index (χ1) is 7.98. The quantitative estimate of drug-likeness (QED) is 0.855. The summed E-state index contributed by atoms with van der Waals surface area (Å²) >= 11 is 0. The zero-order valence-corrected chi connectivity index (χ0v) is 10.6. The van der Waals surface area contributed by atoms with E-state index in [4.69, 9.17) is 0 Å². The molecule has 2 rings (SSSR count). The summed E-state index contributed by atoms with van der Waals surface area (Å²) < 4.78 is 22.7. The van der Waals surface area contributed by atoms with E-state index in [0.29, 0.717) is 6.42 Å². The lowest BCUT2D eigenvalue weighted by Gasteiger charge is -2.17. The van der Waals surface area contributed by atoms with E-state index in [9.17, 15) is 13.5 Å². The Balaban J connectivity index is 2.14. The van der Waals surface area contributed by atoms with Crippen LogP contribution in [0.15, 0.2) is 24.3 Å². The fourth-order valence-corrected chi connectivity index (χ4v) is 3.79. The number of sulfone groups is 1. The molecule has 1 aromatic carbocycles. The normalized spacial score (nSPS) is 24.5. The maximum Gasteiger partial charge on any atom is 0.152 e. The van der Waals surface area contributed by atoms with Crippen LogP contribution in [0.3, 0.4) is 0 Å². The summed E-state index contributed by atoms with van der Waals surface area (Å²) in [5.74, 6) is 0.433. The highest BCUT2D eigenvalue weighted by Crippen LogP contribution is 2.25. The fourth-order valence-electron chi connectivity index (χ4n) is 2.12. The summed E-state index contributed by atoms with van der Waals surface area (Å²) in [6.45, 7) is 1.70. The van der Waals surface area contributed by atoms with Gasteiger partial charge in [0.2, 0.25) is 0 Å². The van der Waals surface area contributed by atoms with Crippen molar-refractivity contribution in [2.45, 2.75) is 25.5 Å². The molecule has 0 bridgehead atoms. The number of aliphatic hydroxyl groups is 1. The number of hydrogen-bond acceptors (Lipinski definition) is 4. The van der Waals surface area contributed by atoms with E-state index >= 15 is 0 Å². The topological polar surface area (TPSA) is 66.4 Å². The largest absolute Gasteiger partial charge is 0.389 e. The van der Waals surface area contributed by atoms with Gasteiger partial charge >= 0.3 is 0 Å². The highest BCUT2D eigenvalue weighted by molar-refractivity contribution is 7.91. The molecule has 2 atom stereocenters. The van der Waals surface area contributed by atoms with Crippen LogP contribution in [0.2, 0.25) is 0 Å². The molecule has 1 aromatic rings. The molecular weight excluding hydrogens is 238 g/mol. The van der Waals surface area contributed by atoms with Crippen LogP contribution in [0.25, 0.3) is 0 Å². The van der Waals surface area contributed by atoms with Gasteiger partial charge in [-0.05, 0) is 19.4 Å².